The number of unbranched alkanes of at least 4 members (excludes halogenated alkanes) is 12. The summed E-state index contributed by atoms with van der Waals surface area (Å²) in [6, 6.07) is -1.52. The van der Waals surface area contributed by atoms with Crippen molar-refractivity contribution in [2.24, 2.45) is 5.92 Å². The molecular formula is C33H60N2O6. The molecule has 0 aromatic rings. The van der Waals surface area contributed by atoms with Crippen LogP contribution in [0.15, 0.2) is 24.6 Å². The number of aliphatic hydroxyl groups is 1. The molecule has 0 heterocycles. The van der Waals surface area contributed by atoms with E-state index in [0.717, 1.165) is 12.8 Å². The van der Waals surface area contributed by atoms with Gasteiger partial charge in [-0.15, -0.1) is 0 Å². The summed E-state index contributed by atoms with van der Waals surface area (Å²) in [7, 11) is 0. The first-order valence-corrected chi connectivity index (χ1v) is 15.7. The van der Waals surface area contributed by atoms with Gasteiger partial charge in [-0.1, -0.05) is 111 Å². The third-order valence-electron chi connectivity index (χ3n) is 7.06. The van der Waals surface area contributed by atoms with Crippen LogP contribution < -0.4 is 10.6 Å². The Morgan fingerprint density at radius 3 is 1.59 bits per heavy atom. The molecule has 238 valence electrons. The van der Waals surface area contributed by atoms with Crippen molar-refractivity contribution < 1.29 is 29.4 Å². The fourth-order valence-electron chi connectivity index (χ4n) is 4.30. The Kier molecular flexibility index (Phi) is 27.2. The van der Waals surface area contributed by atoms with Crippen molar-refractivity contribution in [3.63, 3.8) is 0 Å². The van der Waals surface area contributed by atoms with Gasteiger partial charge in [0.05, 0.1) is 11.8 Å². The van der Waals surface area contributed by atoms with Crippen LogP contribution in [-0.2, 0) is 19.2 Å². The van der Waals surface area contributed by atoms with E-state index in [1.807, 2.05) is 0 Å². The number of aliphatic hydroxyl groups excluding tert-OH is 1. The monoisotopic (exact) mass is 580 g/mol. The predicted octanol–water partition coefficient (Wildman–Crippen LogP) is 7.57. The quantitative estimate of drug-likeness (QED) is 0.0447. The van der Waals surface area contributed by atoms with Crippen LogP contribution in [0.4, 0.5) is 0 Å². The molecule has 8 nitrogen and oxygen atoms in total. The number of hydrogen-bond donors (Lipinski definition) is 4. The second-order valence-corrected chi connectivity index (χ2v) is 11.3. The van der Waals surface area contributed by atoms with Gasteiger partial charge >= 0.3 is 5.97 Å². The average Bonchev–Trinajstić information content (AvgIpc) is 2.91. The van der Waals surface area contributed by atoms with Gasteiger partial charge in [-0.05, 0) is 32.6 Å². The van der Waals surface area contributed by atoms with Gasteiger partial charge in [0.15, 0.2) is 5.78 Å². The molecule has 0 saturated heterocycles. The minimum Gasteiger partial charge on any atom is -0.513 e. The number of ketones is 2. The zero-order valence-corrected chi connectivity index (χ0v) is 26.5. The number of carbonyl (C=O) groups is 4. The summed E-state index contributed by atoms with van der Waals surface area (Å²) in [4.78, 5) is 44.6. The number of nitrogens with one attached hydrogen (secondary N) is 2. The summed E-state index contributed by atoms with van der Waals surface area (Å²) in [6.07, 6.45) is 20.1. The molecule has 1 unspecified atom stereocenters. The number of allylic oxidation sites excluding steroid dienone is 2. The highest BCUT2D eigenvalue weighted by atomic mass is 16.4. The summed E-state index contributed by atoms with van der Waals surface area (Å²) in [6.45, 7) is 14.4. The van der Waals surface area contributed by atoms with Crippen molar-refractivity contribution in [1.29, 1.82) is 0 Å². The lowest BCUT2D eigenvalue weighted by atomic mass is 10.0. The van der Waals surface area contributed by atoms with E-state index in [-0.39, 0.29) is 30.3 Å². The number of carboxylic acids is 1. The highest BCUT2D eigenvalue weighted by molar-refractivity contribution is 5.83. The molecule has 0 saturated carbocycles. The maximum atomic E-state index is 11.6. The normalized spacial score (nSPS) is 12.0. The largest absolute Gasteiger partial charge is 0.513 e. The van der Waals surface area contributed by atoms with Crippen molar-refractivity contribution in [3.8, 4) is 0 Å². The molecule has 41 heavy (non-hydrogen) atoms. The smallest absolute Gasteiger partial charge is 0.326 e. The van der Waals surface area contributed by atoms with Crippen LogP contribution in [0.2, 0.25) is 0 Å². The first kappa shape index (κ1) is 40.5. The van der Waals surface area contributed by atoms with Crippen molar-refractivity contribution in [2.45, 2.75) is 155 Å². The lowest BCUT2D eigenvalue weighted by Crippen LogP contribution is -2.38. The van der Waals surface area contributed by atoms with E-state index in [0.29, 0.717) is 30.7 Å². The average molecular weight is 581 g/mol. The van der Waals surface area contributed by atoms with E-state index in [2.05, 4.69) is 30.7 Å². The molecule has 0 aliphatic heterocycles. The van der Waals surface area contributed by atoms with Gasteiger partial charge in [0, 0.05) is 24.5 Å². The molecule has 0 spiro atoms. The van der Waals surface area contributed by atoms with Crippen LogP contribution in [0.25, 0.3) is 0 Å². The van der Waals surface area contributed by atoms with Crippen LogP contribution in [0.3, 0.4) is 0 Å². The van der Waals surface area contributed by atoms with E-state index in [1.54, 1.807) is 13.8 Å². The van der Waals surface area contributed by atoms with Crippen molar-refractivity contribution in [1.82, 2.24) is 10.6 Å². The molecule has 2 atom stereocenters. The molecule has 0 aliphatic carbocycles. The maximum Gasteiger partial charge on any atom is 0.326 e. The predicted molar refractivity (Wildman–Crippen MR) is 168 cm³/mol. The molecule has 1 amide bonds. The Hall–Kier alpha value is -2.64. The van der Waals surface area contributed by atoms with Gasteiger partial charge in [0.1, 0.15) is 11.8 Å². The van der Waals surface area contributed by atoms with E-state index in [9.17, 15) is 24.3 Å². The number of Topliss-reactive ketones (excluding diaryl/α,β-unsaturated/α-hetero) is 2. The van der Waals surface area contributed by atoms with Gasteiger partial charge in [0.25, 0.3) is 0 Å². The zero-order chi connectivity index (χ0) is 31.5. The maximum absolute atomic E-state index is 11.6. The molecule has 0 fully saturated rings. The second kappa shape index (κ2) is 27.5. The molecule has 4 N–H and O–H groups in total. The standard InChI is InChI=1S/C17H34O.C16H26N2O5/c1-3-4-5-6-7-8-9-10-11-12-13-14-15-16-17(2)18;1-10(2)15(21)8-7-14(16(22)23)18-11(3)5-6-13(12(4)20)17-9-19/h18H,2-16H2,1H3;9-10,13-14,18H,3,5-8H2,1-2,4H3,(H,17,19)(H,22,23)/t;13?,14-/m.0/s1. The number of rotatable bonds is 27. The van der Waals surface area contributed by atoms with Crippen molar-refractivity contribution in [2.75, 3.05) is 0 Å². The highest BCUT2D eigenvalue weighted by Crippen LogP contribution is 2.14. The Labute approximate surface area is 249 Å². The van der Waals surface area contributed by atoms with Crippen molar-refractivity contribution in [3.05, 3.63) is 24.6 Å². The lowest BCUT2D eigenvalue weighted by Gasteiger charge is -2.19. The molecule has 0 radical (unpaired) electrons. The molecule has 0 aromatic carbocycles. The summed E-state index contributed by atoms with van der Waals surface area (Å²) in [5.74, 6) is -1.01. The second-order valence-electron chi connectivity index (χ2n) is 11.3. The van der Waals surface area contributed by atoms with Crippen LogP contribution in [0, 0.1) is 5.92 Å². The first-order valence-electron chi connectivity index (χ1n) is 15.7. The van der Waals surface area contributed by atoms with Crippen LogP contribution in [0.1, 0.15) is 143 Å². The van der Waals surface area contributed by atoms with Gasteiger partial charge in [-0.3, -0.25) is 14.4 Å². The number of aliphatic carboxylic acids is 1. The van der Waals surface area contributed by atoms with Crippen molar-refractivity contribution >= 4 is 23.9 Å². The highest BCUT2D eigenvalue weighted by Gasteiger charge is 2.21. The van der Waals surface area contributed by atoms with Gasteiger partial charge in [0.2, 0.25) is 6.41 Å². The number of carbonyl (C=O) groups excluding carboxylic acids is 3. The molecule has 8 heteroatoms. The van der Waals surface area contributed by atoms with Crippen LogP contribution in [-0.4, -0.2) is 46.2 Å². The number of amides is 1. The van der Waals surface area contributed by atoms with Gasteiger partial charge in [-0.25, -0.2) is 4.79 Å². The SMILES string of the molecule is C=C(CCC(NC=O)C(C)=O)N[C@@H](CCC(=O)C(C)C)C(=O)O.C=C(O)CCCCCCCCCCCCCCC. The minimum absolute atomic E-state index is 0.00971. The molecule has 0 rings (SSSR count). The van der Waals surface area contributed by atoms with Gasteiger partial charge in [-0.2, -0.15) is 0 Å². The Morgan fingerprint density at radius 1 is 0.732 bits per heavy atom. The summed E-state index contributed by atoms with van der Waals surface area (Å²) >= 11 is 0. The molecular weight excluding hydrogens is 520 g/mol. The van der Waals surface area contributed by atoms with E-state index < -0.39 is 18.1 Å². The third kappa shape index (κ3) is 27.3. The summed E-state index contributed by atoms with van der Waals surface area (Å²) in [5.41, 5.74) is 0.452. The topological polar surface area (TPSA) is 133 Å². The van der Waals surface area contributed by atoms with Gasteiger partial charge < -0.3 is 20.8 Å². The molecule has 0 bridgehead atoms. The van der Waals surface area contributed by atoms with E-state index in [1.165, 1.54) is 84.0 Å². The molecule has 0 aliphatic rings. The van der Waals surface area contributed by atoms with E-state index >= 15 is 0 Å². The fraction of sp³-hybridized carbons (Fsp3) is 0.758. The van der Waals surface area contributed by atoms with Crippen LogP contribution in [0.5, 0.6) is 0 Å². The number of carboxylic acid groups (broad SMARTS) is 1. The number of hydrogen-bond acceptors (Lipinski definition) is 6. The van der Waals surface area contributed by atoms with E-state index in [4.69, 9.17) is 5.11 Å². The first-order chi connectivity index (χ1) is 19.5. The summed E-state index contributed by atoms with van der Waals surface area (Å²) < 4.78 is 0. The lowest BCUT2D eigenvalue weighted by molar-refractivity contribution is -0.139. The Morgan fingerprint density at radius 2 is 1.20 bits per heavy atom. The Balaban J connectivity index is 0. The summed E-state index contributed by atoms with van der Waals surface area (Å²) in [5, 5.41) is 23.3. The molecule has 0 aromatic heterocycles. The van der Waals surface area contributed by atoms with Crippen LogP contribution >= 0.6 is 0 Å². The minimum atomic E-state index is -1.06. The zero-order valence-electron chi connectivity index (χ0n) is 26.5. The third-order valence-corrected chi connectivity index (χ3v) is 7.06. The fourth-order valence-corrected chi connectivity index (χ4v) is 4.30. The Bertz CT molecular complexity index is 750.